The van der Waals surface area contributed by atoms with Gasteiger partial charge < -0.3 is 10.6 Å². The molecule has 0 bridgehead atoms. The molecule has 0 heterocycles. The van der Waals surface area contributed by atoms with Gasteiger partial charge in [0.15, 0.2) is 0 Å². The van der Waals surface area contributed by atoms with Crippen LogP contribution in [0.3, 0.4) is 0 Å². The summed E-state index contributed by atoms with van der Waals surface area (Å²) in [6.45, 7) is 7.15. The quantitative estimate of drug-likeness (QED) is 0.867. The Bertz CT molecular complexity index is 411. The Morgan fingerprint density at radius 1 is 1.33 bits per heavy atom. The van der Waals surface area contributed by atoms with Crippen molar-refractivity contribution in [1.29, 1.82) is 0 Å². The molecule has 1 aliphatic carbocycles. The van der Waals surface area contributed by atoms with Crippen LogP contribution >= 0.6 is 0 Å². The number of halogens is 1. The van der Waals surface area contributed by atoms with Crippen molar-refractivity contribution in [2.75, 3.05) is 11.4 Å². The normalized spacial score (nSPS) is 17.0. The van der Waals surface area contributed by atoms with E-state index in [0.717, 1.165) is 17.8 Å². The molecule has 0 saturated heterocycles. The van der Waals surface area contributed by atoms with E-state index in [1.165, 1.54) is 18.9 Å². The average Bonchev–Trinajstić information content (AvgIpc) is 3.09. The summed E-state index contributed by atoms with van der Waals surface area (Å²) in [6.07, 6.45) is 2.33. The number of nitrogens with zero attached hydrogens (tertiary/aromatic N) is 1. The predicted octanol–water partition coefficient (Wildman–Crippen LogP) is 3.47. The molecule has 2 nitrogen and oxygen atoms in total. The molecule has 1 aromatic rings. The zero-order chi connectivity index (χ0) is 13.3. The van der Waals surface area contributed by atoms with Gasteiger partial charge in [-0.25, -0.2) is 4.39 Å². The Morgan fingerprint density at radius 3 is 2.50 bits per heavy atom. The smallest absolute Gasteiger partial charge is 0.146 e. The van der Waals surface area contributed by atoms with Crippen molar-refractivity contribution in [3.05, 3.63) is 29.6 Å². The van der Waals surface area contributed by atoms with Gasteiger partial charge >= 0.3 is 0 Å². The molecule has 0 aliphatic heterocycles. The summed E-state index contributed by atoms with van der Waals surface area (Å²) < 4.78 is 14.2. The van der Waals surface area contributed by atoms with Crippen molar-refractivity contribution in [3.63, 3.8) is 0 Å². The SMILES string of the molecule is CC(C)CN(c1c(F)cccc1C(C)N)C1CC1. The molecule has 0 radical (unpaired) electrons. The molecule has 2 N–H and O–H groups in total. The number of anilines is 1. The van der Waals surface area contributed by atoms with E-state index in [4.69, 9.17) is 5.73 Å². The van der Waals surface area contributed by atoms with Gasteiger partial charge in [-0.15, -0.1) is 0 Å². The van der Waals surface area contributed by atoms with E-state index < -0.39 is 0 Å². The summed E-state index contributed by atoms with van der Waals surface area (Å²) in [4.78, 5) is 2.22. The van der Waals surface area contributed by atoms with Crippen LogP contribution in [0.4, 0.5) is 10.1 Å². The fourth-order valence-corrected chi connectivity index (χ4v) is 2.40. The number of hydrogen-bond acceptors (Lipinski definition) is 2. The van der Waals surface area contributed by atoms with Gasteiger partial charge in [0, 0.05) is 18.6 Å². The van der Waals surface area contributed by atoms with E-state index in [0.29, 0.717) is 12.0 Å². The minimum atomic E-state index is -0.141. The van der Waals surface area contributed by atoms with Gasteiger partial charge in [-0.1, -0.05) is 26.0 Å². The lowest BCUT2D eigenvalue weighted by atomic mass is 10.0. The standard InChI is InChI=1S/C15H23FN2/c1-10(2)9-18(12-7-8-12)15-13(11(3)17)5-4-6-14(15)16/h4-6,10-12H,7-9,17H2,1-3H3. The molecule has 100 valence electrons. The fraction of sp³-hybridized carbons (Fsp3) is 0.600. The second-order valence-corrected chi connectivity index (χ2v) is 5.74. The monoisotopic (exact) mass is 250 g/mol. The molecule has 1 atom stereocenters. The van der Waals surface area contributed by atoms with Crippen molar-refractivity contribution in [2.24, 2.45) is 11.7 Å². The van der Waals surface area contributed by atoms with E-state index in [1.807, 2.05) is 13.0 Å². The molecule has 0 amide bonds. The molecule has 1 aliphatic rings. The van der Waals surface area contributed by atoms with E-state index in [9.17, 15) is 4.39 Å². The highest BCUT2D eigenvalue weighted by Gasteiger charge is 2.32. The molecule has 2 rings (SSSR count). The number of nitrogens with two attached hydrogens (primary N) is 1. The van der Waals surface area contributed by atoms with Gasteiger partial charge in [0.1, 0.15) is 5.82 Å². The molecule has 1 saturated carbocycles. The first-order chi connectivity index (χ1) is 8.50. The van der Waals surface area contributed by atoms with Gasteiger partial charge in [0.05, 0.1) is 5.69 Å². The molecule has 1 aromatic carbocycles. The zero-order valence-corrected chi connectivity index (χ0v) is 11.5. The lowest BCUT2D eigenvalue weighted by Crippen LogP contribution is -2.32. The minimum Gasteiger partial charge on any atom is -0.366 e. The Labute approximate surface area is 109 Å². The topological polar surface area (TPSA) is 29.3 Å². The summed E-state index contributed by atoms with van der Waals surface area (Å²) in [6, 6.07) is 5.60. The fourth-order valence-electron chi connectivity index (χ4n) is 2.40. The van der Waals surface area contributed by atoms with E-state index in [2.05, 4.69) is 18.7 Å². The van der Waals surface area contributed by atoms with Crippen LogP contribution in [-0.2, 0) is 0 Å². The first kappa shape index (κ1) is 13.3. The largest absolute Gasteiger partial charge is 0.366 e. The molecular weight excluding hydrogens is 227 g/mol. The van der Waals surface area contributed by atoms with Crippen LogP contribution < -0.4 is 10.6 Å². The highest BCUT2D eigenvalue weighted by atomic mass is 19.1. The molecule has 18 heavy (non-hydrogen) atoms. The highest BCUT2D eigenvalue weighted by Crippen LogP contribution is 2.37. The Kier molecular flexibility index (Phi) is 3.91. The van der Waals surface area contributed by atoms with Crippen molar-refractivity contribution < 1.29 is 4.39 Å². The molecule has 3 heteroatoms. The van der Waals surface area contributed by atoms with Crippen molar-refractivity contribution in [3.8, 4) is 0 Å². The second kappa shape index (κ2) is 5.27. The summed E-state index contributed by atoms with van der Waals surface area (Å²) in [5.74, 6) is 0.378. The maximum atomic E-state index is 14.2. The average molecular weight is 250 g/mol. The van der Waals surface area contributed by atoms with Crippen molar-refractivity contribution in [1.82, 2.24) is 0 Å². The summed E-state index contributed by atoms with van der Waals surface area (Å²) in [7, 11) is 0. The third-order valence-electron chi connectivity index (χ3n) is 3.35. The van der Waals surface area contributed by atoms with Gasteiger partial charge in [0.2, 0.25) is 0 Å². The van der Waals surface area contributed by atoms with E-state index in [-0.39, 0.29) is 11.9 Å². The minimum absolute atomic E-state index is 0.135. The molecule has 0 spiro atoms. The Balaban J connectivity index is 2.39. The molecule has 1 unspecified atom stereocenters. The Hall–Kier alpha value is -1.09. The van der Waals surface area contributed by atoms with Crippen LogP contribution in [0.15, 0.2) is 18.2 Å². The van der Waals surface area contributed by atoms with Crippen LogP contribution in [-0.4, -0.2) is 12.6 Å². The molecule has 0 aromatic heterocycles. The zero-order valence-electron chi connectivity index (χ0n) is 11.5. The highest BCUT2D eigenvalue weighted by molar-refractivity contribution is 5.57. The van der Waals surface area contributed by atoms with E-state index in [1.54, 1.807) is 6.07 Å². The molecule has 1 fully saturated rings. The van der Waals surface area contributed by atoms with Gasteiger partial charge in [0.25, 0.3) is 0 Å². The number of para-hydroxylation sites is 1. The second-order valence-electron chi connectivity index (χ2n) is 5.74. The maximum Gasteiger partial charge on any atom is 0.146 e. The van der Waals surface area contributed by atoms with Gasteiger partial charge in [-0.3, -0.25) is 0 Å². The first-order valence-electron chi connectivity index (χ1n) is 6.81. The van der Waals surface area contributed by atoms with E-state index >= 15 is 0 Å². The van der Waals surface area contributed by atoms with Crippen LogP contribution in [0.1, 0.15) is 45.2 Å². The summed E-state index contributed by atoms with van der Waals surface area (Å²) in [5, 5.41) is 0. The van der Waals surface area contributed by atoms with Crippen LogP contribution in [0.5, 0.6) is 0 Å². The third kappa shape index (κ3) is 2.83. The summed E-state index contributed by atoms with van der Waals surface area (Å²) >= 11 is 0. The maximum absolute atomic E-state index is 14.2. The third-order valence-corrected chi connectivity index (χ3v) is 3.35. The number of benzene rings is 1. The predicted molar refractivity (Wildman–Crippen MR) is 74.2 cm³/mol. The van der Waals surface area contributed by atoms with Crippen LogP contribution in [0.2, 0.25) is 0 Å². The number of hydrogen-bond donors (Lipinski definition) is 1. The van der Waals surface area contributed by atoms with Crippen LogP contribution in [0, 0.1) is 11.7 Å². The molecular formula is C15H23FN2. The van der Waals surface area contributed by atoms with Crippen LogP contribution in [0.25, 0.3) is 0 Å². The first-order valence-corrected chi connectivity index (χ1v) is 6.81. The Morgan fingerprint density at radius 2 is 2.00 bits per heavy atom. The van der Waals surface area contributed by atoms with Gasteiger partial charge in [-0.05, 0) is 37.3 Å². The van der Waals surface area contributed by atoms with Crippen molar-refractivity contribution in [2.45, 2.75) is 45.7 Å². The van der Waals surface area contributed by atoms with Crippen molar-refractivity contribution >= 4 is 5.69 Å². The summed E-state index contributed by atoms with van der Waals surface area (Å²) in [5.41, 5.74) is 7.62. The lowest BCUT2D eigenvalue weighted by Gasteiger charge is -2.30. The lowest BCUT2D eigenvalue weighted by molar-refractivity contribution is 0.572. The van der Waals surface area contributed by atoms with Gasteiger partial charge in [-0.2, -0.15) is 0 Å². The number of rotatable bonds is 5.